The lowest BCUT2D eigenvalue weighted by Crippen LogP contribution is -2.30. The largest absolute Gasteiger partial charge is 0.399 e. The zero-order valence-corrected chi connectivity index (χ0v) is 12.0. The van der Waals surface area contributed by atoms with E-state index in [0.717, 1.165) is 35.5 Å². The van der Waals surface area contributed by atoms with Gasteiger partial charge >= 0.3 is 0 Å². The molecular weight excluding hydrogens is 252 g/mol. The second-order valence-corrected chi connectivity index (χ2v) is 5.46. The first-order valence-corrected chi connectivity index (χ1v) is 7.11. The molecule has 1 saturated heterocycles. The molecule has 5 heteroatoms. The van der Waals surface area contributed by atoms with Crippen LogP contribution in [0.3, 0.4) is 0 Å². The van der Waals surface area contributed by atoms with Gasteiger partial charge in [-0.15, -0.1) is 0 Å². The van der Waals surface area contributed by atoms with Crippen molar-refractivity contribution in [2.45, 2.75) is 33.1 Å². The minimum Gasteiger partial charge on any atom is -0.399 e. The predicted octanol–water partition coefficient (Wildman–Crippen LogP) is 2.93. The molecule has 0 atom stereocenters. The van der Waals surface area contributed by atoms with Crippen molar-refractivity contribution in [1.82, 2.24) is 10.1 Å². The van der Waals surface area contributed by atoms with Gasteiger partial charge in [0.15, 0.2) is 0 Å². The summed E-state index contributed by atoms with van der Waals surface area (Å²) in [5, 5.41) is 4.12. The summed E-state index contributed by atoms with van der Waals surface area (Å²) < 4.78 is 5.44. The number of hydrogen-bond acceptors (Lipinski definition) is 5. The number of nitrogen functional groups attached to an aromatic ring is 1. The Labute approximate surface area is 118 Å². The Morgan fingerprint density at radius 2 is 1.90 bits per heavy atom. The van der Waals surface area contributed by atoms with Gasteiger partial charge in [0.25, 0.3) is 11.8 Å². The van der Waals surface area contributed by atoms with Gasteiger partial charge in [0.05, 0.1) is 0 Å². The van der Waals surface area contributed by atoms with Crippen molar-refractivity contribution in [3.8, 4) is 11.5 Å². The fourth-order valence-corrected chi connectivity index (χ4v) is 2.66. The van der Waals surface area contributed by atoms with E-state index in [2.05, 4.69) is 22.0 Å². The predicted molar refractivity (Wildman–Crippen MR) is 79.7 cm³/mol. The number of anilines is 2. The van der Waals surface area contributed by atoms with E-state index in [4.69, 9.17) is 10.3 Å². The number of nitrogens with two attached hydrogens (primary N) is 1. The maximum absolute atomic E-state index is 5.92. The van der Waals surface area contributed by atoms with Crippen molar-refractivity contribution in [3.05, 3.63) is 23.3 Å². The van der Waals surface area contributed by atoms with E-state index in [1.54, 1.807) is 0 Å². The van der Waals surface area contributed by atoms with Crippen molar-refractivity contribution < 1.29 is 4.52 Å². The Balaban J connectivity index is 1.93. The van der Waals surface area contributed by atoms with Crippen LogP contribution in [0.5, 0.6) is 0 Å². The van der Waals surface area contributed by atoms with E-state index in [1.165, 1.54) is 19.3 Å². The first-order valence-electron chi connectivity index (χ1n) is 7.11. The van der Waals surface area contributed by atoms with Gasteiger partial charge in [0, 0.05) is 24.3 Å². The molecular formula is C15H20N4O. The maximum Gasteiger partial charge on any atom is 0.266 e. The Hall–Kier alpha value is -2.04. The molecule has 0 spiro atoms. The normalized spacial score (nSPS) is 15.6. The third-order valence-electron chi connectivity index (χ3n) is 3.97. The van der Waals surface area contributed by atoms with Gasteiger partial charge in [0.2, 0.25) is 0 Å². The summed E-state index contributed by atoms with van der Waals surface area (Å²) in [7, 11) is 0. The van der Waals surface area contributed by atoms with Crippen LogP contribution in [0.1, 0.15) is 30.4 Å². The molecule has 2 N–H and O–H groups in total. The van der Waals surface area contributed by atoms with Gasteiger partial charge in [-0.05, 0) is 61.5 Å². The molecule has 20 heavy (non-hydrogen) atoms. The lowest BCUT2D eigenvalue weighted by atomic mass is 10.0. The monoisotopic (exact) mass is 272 g/mol. The molecule has 1 aromatic carbocycles. The molecule has 1 fully saturated rings. The molecule has 0 amide bonds. The summed E-state index contributed by atoms with van der Waals surface area (Å²) in [4.78, 5) is 6.73. The van der Waals surface area contributed by atoms with Crippen LogP contribution in [0, 0.1) is 13.8 Å². The molecule has 1 aliphatic rings. The Bertz CT molecular complexity index is 614. The lowest BCUT2D eigenvalue weighted by molar-refractivity contribution is 0.426. The highest BCUT2D eigenvalue weighted by Crippen LogP contribution is 2.28. The van der Waals surface area contributed by atoms with E-state index < -0.39 is 0 Å². The number of rotatable bonds is 2. The molecule has 0 radical (unpaired) electrons. The second-order valence-electron chi connectivity index (χ2n) is 5.46. The fourth-order valence-electron chi connectivity index (χ4n) is 2.66. The topological polar surface area (TPSA) is 68.2 Å². The molecule has 3 rings (SSSR count). The highest BCUT2D eigenvalue weighted by atomic mass is 16.5. The molecule has 1 aliphatic heterocycles. The summed E-state index contributed by atoms with van der Waals surface area (Å²) in [5.41, 5.74) is 9.84. The van der Waals surface area contributed by atoms with E-state index in [0.29, 0.717) is 11.8 Å². The van der Waals surface area contributed by atoms with Crippen molar-refractivity contribution in [2.75, 3.05) is 23.7 Å². The fraction of sp³-hybridized carbons (Fsp3) is 0.467. The highest BCUT2D eigenvalue weighted by Gasteiger charge is 2.19. The van der Waals surface area contributed by atoms with Gasteiger partial charge in [-0.3, -0.25) is 0 Å². The van der Waals surface area contributed by atoms with E-state index in [1.807, 2.05) is 19.1 Å². The molecule has 0 saturated carbocycles. The van der Waals surface area contributed by atoms with E-state index in [-0.39, 0.29) is 0 Å². The smallest absolute Gasteiger partial charge is 0.266 e. The van der Waals surface area contributed by atoms with Crippen LogP contribution in [0.15, 0.2) is 16.7 Å². The van der Waals surface area contributed by atoms with Crippen LogP contribution in [0.2, 0.25) is 0 Å². The number of nitrogens with zero attached hydrogens (tertiary/aromatic N) is 3. The molecule has 2 heterocycles. The lowest BCUT2D eigenvalue weighted by Gasteiger charge is -2.24. The zero-order valence-electron chi connectivity index (χ0n) is 12.0. The van der Waals surface area contributed by atoms with Crippen LogP contribution < -0.4 is 10.6 Å². The third kappa shape index (κ3) is 2.35. The van der Waals surface area contributed by atoms with Gasteiger partial charge in [-0.2, -0.15) is 4.98 Å². The summed E-state index contributed by atoms with van der Waals surface area (Å²) >= 11 is 0. The minimum absolute atomic E-state index is 0.554. The average molecular weight is 272 g/mol. The molecule has 2 aromatic rings. The van der Waals surface area contributed by atoms with E-state index in [9.17, 15) is 0 Å². The first-order chi connectivity index (χ1) is 9.65. The van der Waals surface area contributed by atoms with Gasteiger partial charge < -0.3 is 15.2 Å². The Kier molecular flexibility index (Phi) is 3.34. The van der Waals surface area contributed by atoms with Crippen molar-refractivity contribution in [1.29, 1.82) is 0 Å². The van der Waals surface area contributed by atoms with Gasteiger partial charge in [-0.1, -0.05) is 0 Å². The summed E-state index contributed by atoms with van der Waals surface area (Å²) in [5.74, 6) is 1.25. The van der Waals surface area contributed by atoms with Crippen molar-refractivity contribution >= 4 is 11.6 Å². The highest BCUT2D eigenvalue weighted by molar-refractivity contribution is 5.67. The average Bonchev–Trinajstić information content (AvgIpc) is 2.93. The molecule has 1 aromatic heterocycles. The molecule has 5 nitrogen and oxygen atoms in total. The summed E-state index contributed by atoms with van der Waals surface area (Å²) in [6.07, 6.45) is 3.68. The summed E-state index contributed by atoms with van der Waals surface area (Å²) in [6, 6.07) is 3.86. The molecule has 0 unspecified atom stereocenters. The first kappa shape index (κ1) is 13.0. The van der Waals surface area contributed by atoms with Crippen LogP contribution in [-0.4, -0.2) is 23.2 Å². The van der Waals surface area contributed by atoms with Crippen molar-refractivity contribution in [3.63, 3.8) is 0 Å². The summed E-state index contributed by atoms with van der Waals surface area (Å²) in [6.45, 7) is 6.10. The second kappa shape index (κ2) is 5.15. The van der Waals surface area contributed by atoms with Gasteiger partial charge in [-0.25, -0.2) is 0 Å². The molecule has 106 valence electrons. The number of piperidine rings is 1. The standard InChI is InChI=1S/C15H20N4O/c1-10-8-12(16)9-13(11(10)2)14-17-15(18-20-14)19-6-4-3-5-7-19/h8-9H,3-7,16H2,1-2H3. The number of hydrogen-bond donors (Lipinski definition) is 1. The Morgan fingerprint density at radius 1 is 1.15 bits per heavy atom. The number of aryl methyl sites for hydroxylation is 1. The van der Waals surface area contributed by atoms with E-state index >= 15 is 0 Å². The Morgan fingerprint density at radius 3 is 2.65 bits per heavy atom. The molecule has 0 aliphatic carbocycles. The quantitative estimate of drug-likeness (QED) is 0.851. The van der Waals surface area contributed by atoms with Crippen LogP contribution in [0.4, 0.5) is 11.6 Å². The minimum atomic E-state index is 0.554. The zero-order chi connectivity index (χ0) is 14.1. The van der Waals surface area contributed by atoms with Crippen LogP contribution in [-0.2, 0) is 0 Å². The maximum atomic E-state index is 5.92. The number of aromatic nitrogens is 2. The molecule has 0 bridgehead atoms. The van der Waals surface area contributed by atoms with Crippen LogP contribution >= 0.6 is 0 Å². The third-order valence-corrected chi connectivity index (χ3v) is 3.97. The number of benzene rings is 1. The van der Waals surface area contributed by atoms with Crippen molar-refractivity contribution in [2.24, 2.45) is 0 Å². The van der Waals surface area contributed by atoms with Crippen LogP contribution in [0.25, 0.3) is 11.5 Å². The van der Waals surface area contributed by atoms with Gasteiger partial charge in [0.1, 0.15) is 0 Å². The SMILES string of the molecule is Cc1cc(N)cc(-c2nc(N3CCCCC3)no2)c1C.